The Balaban J connectivity index is 4.18. The van der Waals surface area contributed by atoms with Crippen LogP contribution >= 0.6 is 0 Å². The van der Waals surface area contributed by atoms with Gasteiger partial charge in [-0.05, 0) is 13.8 Å². The molecule has 0 aliphatic rings. The van der Waals surface area contributed by atoms with Gasteiger partial charge in [0.25, 0.3) is 0 Å². The third kappa shape index (κ3) is 3.93. The fourth-order valence-corrected chi connectivity index (χ4v) is 0.754. The maximum atomic E-state index is 11.1. The molecule has 3 heteroatoms. The van der Waals surface area contributed by atoms with Gasteiger partial charge in [0.05, 0.1) is 13.0 Å². The summed E-state index contributed by atoms with van der Waals surface area (Å²) in [5, 5.41) is 10.2. The van der Waals surface area contributed by atoms with Crippen LogP contribution in [0.3, 0.4) is 0 Å². The molecule has 0 spiro atoms. The van der Waals surface area contributed by atoms with Gasteiger partial charge in [-0.2, -0.15) is 0 Å². The predicted octanol–water partition coefficient (Wildman–Crippen LogP) is 1.70. The summed E-state index contributed by atoms with van der Waals surface area (Å²) >= 11 is 0. The van der Waals surface area contributed by atoms with Crippen molar-refractivity contribution in [1.82, 2.24) is 4.90 Å². The molecule has 3 nitrogen and oxygen atoms in total. The van der Waals surface area contributed by atoms with Crippen LogP contribution in [0.5, 0.6) is 0 Å². The summed E-state index contributed by atoms with van der Waals surface area (Å²) < 4.78 is 0. The number of nitrogens with zero attached hydrogens (tertiary/aromatic N) is 1. The zero-order valence-electron chi connectivity index (χ0n) is 7.49. The van der Waals surface area contributed by atoms with Crippen LogP contribution in [0.1, 0.15) is 20.3 Å². The number of carbonyl (C=O) groups excluding carboxylic acids is 1. The molecule has 1 radical (unpaired) electrons. The van der Waals surface area contributed by atoms with Gasteiger partial charge in [0.1, 0.15) is 0 Å². The van der Waals surface area contributed by atoms with Crippen LogP contribution in [-0.4, -0.2) is 17.4 Å². The first kappa shape index (κ1) is 10.9. The number of hydrogen-bond donors (Lipinski definition) is 0. The van der Waals surface area contributed by atoms with Crippen LogP contribution in [0.4, 0.5) is 0 Å². The lowest BCUT2D eigenvalue weighted by molar-refractivity contribution is -0.127. The van der Waals surface area contributed by atoms with Crippen LogP contribution < -0.4 is 0 Å². The third-order valence-corrected chi connectivity index (χ3v) is 1.22. The Morgan fingerprint density at radius 3 is 2.08 bits per heavy atom. The lowest BCUT2D eigenvalue weighted by Crippen LogP contribution is -2.20. The second-order valence-electron chi connectivity index (χ2n) is 2.22. The number of allylic oxidation sites excluding steroid dienone is 2. The van der Waals surface area contributed by atoms with Crippen LogP contribution in [0.2, 0.25) is 0 Å². The Hall–Kier alpha value is -1.09. The van der Waals surface area contributed by atoms with E-state index in [1.165, 1.54) is 4.90 Å². The highest BCUT2D eigenvalue weighted by Gasteiger charge is 2.05. The normalized spacial score (nSPS) is 11.2. The highest BCUT2D eigenvalue weighted by atomic mass is 16.3. The Labute approximate surface area is 73.0 Å². The summed E-state index contributed by atoms with van der Waals surface area (Å²) in [6.07, 6.45) is 6.83. The van der Waals surface area contributed by atoms with Crippen molar-refractivity contribution >= 4 is 5.91 Å². The molecule has 0 aliphatic carbocycles. The Bertz CT molecular complexity index is 173. The fraction of sp³-hybridized carbons (Fsp3) is 0.444. The summed E-state index contributed by atoms with van der Waals surface area (Å²) in [4.78, 5) is 12.6. The highest BCUT2D eigenvalue weighted by Crippen LogP contribution is 1.96. The van der Waals surface area contributed by atoms with Crippen LogP contribution in [0, 0.1) is 0 Å². The summed E-state index contributed by atoms with van der Waals surface area (Å²) in [5.74, 6) is -0.166. The SMILES string of the molecule is CC=CN(C=CC)C(=O)CC[O]. The molecule has 67 valence electrons. The van der Waals surface area contributed by atoms with E-state index >= 15 is 0 Å². The Morgan fingerprint density at radius 1 is 1.25 bits per heavy atom. The number of rotatable bonds is 4. The van der Waals surface area contributed by atoms with Gasteiger partial charge >= 0.3 is 0 Å². The Kier molecular flexibility index (Phi) is 6.01. The molecule has 0 rings (SSSR count). The van der Waals surface area contributed by atoms with E-state index in [-0.39, 0.29) is 18.9 Å². The van der Waals surface area contributed by atoms with Gasteiger partial charge in [-0.1, -0.05) is 12.2 Å². The van der Waals surface area contributed by atoms with E-state index in [2.05, 4.69) is 0 Å². The average Bonchev–Trinajstić information content (AvgIpc) is 2.04. The molecule has 0 unspecified atom stereocenters. The molecule has 0 N–H and O–H groups in total. The van der Waals surface area contributed by atoms with Gasteiger partial charge in [-0.15, -0.1) is 0 Å². The standard InChI is InChI=1S/C9H14NO2/c1-3-6-10(7-4-2)9(12)5-8-11/h3-4,6-7H,5,8H2,1-2H3. The van der Waals surface area contributed by atoms with Gasteiger partial charge in [0, 0.05) is 12.4 Å². The molecule has 0 heterocycles. The second kappa shape index (κ2) is 6.61. The molecule has 12 heavy (non-hydrogen) atoms. The smallest absolute Gasteiger partial charge is 0.232 e. The van der Waals surface area contributed by atoms with E-state index in [1.807, 2.05) is 13.8 Å². The minimum absolute atomic E-state index is 0.0503. The zero-order chi connectivity index (χ0) is 9.40. The first-order chi connectivity index (χ1) is 5.76. The summed E-state index contributed by atoms with van der Waals surface area (Å²) in [5.41, 5.74) is 0. The summed E-state index contributed by atoms with van der Waals surface area (Å²) in [6, 6.07) is 0. The van der Waals surface area contributed by atoms with E-state index in [0.29, 0.717) is 0 Å². The molecule has 0 aromatic heterocycles. The van der Waals surface area contributed by atoms with E-state index in [4.69, 9.17) is 0 Å². The molecule has 0 bridgehead atoms. The first-order valence-electron chi connectivity index (χ1n) is 3.91. The molecule has 0 atom stereocenters. The molecule has 0 fully saturated rings. The van der Waals surface area contributed by atoms with Crippen molar-refractivity contribution in [3.05, 3.63) is 24.6 Å². The maximum absolute atomic E-state index is 11.1. The molecular formula is C9H14NO2. The molecule has 0 aliphatic heterocycles. The molecular weight excluding hydrogens is 154 g/mol. The highest BCUT2D eigenvalue weighted by molar-refractivity contribution is 5.78. The van der Waals surface area contributed by atoms with E-state index < -0.39 is 0 Å². The second-order valence-corrected chi connectivity index (χ2v) is 2.22. The van der Waals surface area contributed by atoms with Crippen molar-refractivity contribution in [2.45, 2.75) is 20.3 Å². The number of carbonyl (C=O) groups is 1. The van der Waals surface area contributed by atoms with Gasteiger partial charge in [-0.25, -0.2) is 5.11 Å². The van der Waals surface area contributed by atoms with Crippen LogP contribution in [0.25, 0.3) is 0 Å². The molecule has 0 aromatic rings. The molecule has 1 amide bonds. The summed E-state index contributed by atoms with van der Waals surface area (Å²) in [7, 11) is 0. The van der Waals surface area contributed by atoms with E-state index in [0.717, 1.165) is 0 Å². The molecule has 0 saturated carbocycles. The van der Waals surface area contributed by atoms with Gasteiger partial charge in [0.2, 0.25) is 5.91 Å². The zero-order valence-corrected chi connectivity index (χ0v) is 7.49. The van der Waals surface area contributed by atoms with Crippen molar-refractivity contribution in [3.8, 4) is 0 Å². The van der Waals surface area contributed by atoms with Gasteiger partial charge in [-0.3, -0.25) is 9.69 Å². The van der Waals surface area contributed by atoms with Crippen molar-refractivity contribution in [2.24, 2.45) is 0 Å². The monoisotopic (exact) mass is 168 g/mol. The lowest BCUT2D eigenvalue weighted by atomic mass is 10.4. The molecule has 0 aromatic carbocycles. The average molecular weight is 168 g/mol. The lowest BCUT2D eigenvalue weighted by Gasteiger charge is -2.11. The van der Waals surface area contributed by atoms with E-state index in [9.17, 15) is 9.90 Å². The maximum Gasteiger partial charge on any atom is 0.232 e. The van der Waals surface area contributed by atoms with Crippen molar-refractivity contribution in [2.75, 3.05) is 6.61 Å². The topological polar surface area (TPSA) is 40.2 Å². The largest absolute Gasteiger partial charge is 0.295 e. The number of hydrogen-bond acceptors (Lipinski definition) is 1. The third-order valence-electron chi connectivity index (χ3n) is 1.22. The fourth-order valence-electron chi connectivity index (χ4n) is 0.754. The minimum atomic E-state index is -0.357. The predicted molar refractivity (Wildman–Crippen MR) is 46.6 cm³/mol. The van der Waals surface area contributed by atoms with Crippen LogP contribution in [-0.2, 0) is 9.90 Å². The molecule has 0 saturated heterocycles. The van der Waals surface area contributed by atoms with Crippen molar-refractivity contribution in [3.63, 3.8) is 0 Å². The Morgan fingerprint density at radius 2 is 1.75 bits per heavy atom. The van der Waals surface area contributed by atoms with Crippen LogP contribution in [0.15, 0.2) is 24.6 Å². The van der Waals surface area contributed by atoms with Crippen molar-refractivity contribution < 1.29 is 9.90 Å². The van der Waals surface area contributed by atoms with E-state index in [1.54, 1.807) is 24.6 Å². The first-order valence-corrected chi connectivity index (χ1v) is 3.91. The quantitative estimate of drug-likeness (QED) is 0.629. The van der Waals surface area contributed by atoms with Gasteiger partial charge in [0.15, 0.2) is 0 Å². The van der Waals surface area contributed by atoms with Crippen molar-refractivity contribution in [1.29, 1.82) is 0 Å². The minimum Gasteiger partial charge on any atom is -0.295 e. The number of amides is 1. The van der Waals surface area contributed by atoms with Gasteiger partial charge < -0.3 is 0 Å². The summed E-state index contributed by atoms with van der Waals surface area (Å²) in [6.45, 7) is 3.28.